The summed E-state index contributed by atoms with van der Waals surface area (Å²) in [4.78, 5) is 12.7. The highest BCUT2D eigenvalue weighted by atomic mass is 35.5. The molecule has 1 aliphatic heterocycles. The van der Waals surface area contributed by atoms with Gasteiger partial charge in [-0.1, -0.05) is 35.9 Å². The fraction of sp³-hybridized carbons (Fsp3) is 0.250. The Bertz CT molecular complexity index is 1060. The molecule has 1 N–H and O–H groups in total. The molecular weight excluding hydrogens is 446 g/mol. The van der Waals surface area contributed by atoms with Crippen molar-refractivity contribution < 1.29 is 4.74 Å². The second-order valence-electron chi connectivity index (χ2n) is 7.24. The number of nitrogens with zero attached hydrogens (tertiary/aromatic N) is 2. The van der Waals surface area contributed by atoms with Gasteiger partial charge in [0.25, 0.3) is 0 Å². The molecule has 1 fully saturated rings. The molecule has 0 radical (unpaired) electrons. The monoisotopic (exact) mass is 469 g/mol. The van der Waals surface area contributed by atoms with E-state index in [-0.39, 0.29) is 0 Å². The molecule has 2 aromatic heterocycles. The van der Waals surface area contributed by atoms with E-state index in [9.17, 15) is 0 Å². The van der Waals surface area contributed by atoms with E-state index in [1.807, 2.05) is 43.0 Å². The number of imidazole rings is 1. The molecule has 1 aliphatic rings. The van der Waals surface area contributed by atoms with Crippen LogP contribution in [0.15, 0.2) is 71.3 Å². The zero-order valence-electron chi connectivity index (χ0n) is 17.3. The maximum absolute atomic E-state index is 5.95. The van der Waals surface area contributed by atoms with E-state index >= 15 is 0 Å². The van der Waals surface area contributed by atoms with Crippen LogP contribution in [0.25, 0.3) is 10.6 Å². The van der Waals surface area contributed by atoms with E-state index in [1.54, 1.807) is 23.9 Å². The Morgan fingerprint density at radius 3 is 2.58 bits per heavy atom. The van der Waals surface area contributed by atoms with Crippen molar-refractivity contribution in [2.24, 2.45) is 0 Å². The van der Waals surface area contributed by atoms with Crippen LogP contribution in [0.3, 0.4) is 0 Å². The largest absolute Gasteiger partial charge is 0.374 e. The lowest BCUT2D eigenvalue weighted by Gasteiger charge is -2.10. The first-order valence-corrected chi connectivity index (χ1v) is 12.4. The van der Waals surface area contributed by atoms with Gasteiger partial charge >= 0.3 is 0 Å². The van der Waals surface area contributed by atoms with Gasteiger partial charge in [0.05, 0.1) is 18.1 Å². The number of thiazole rings is 1. The number of benzene rings is 2. The fourth-order valence-corrected chi connectivity index (χ4v) is 5.05. The van der Waals surface area contributed by atoms with Gasteiger partial charge < -0.3 is 9.72 Å². The topological polar surface area (TPSA) is 50.8 Å². The summed E-state index contributed by atoms with van der Waals surface area (Å²) in [5, 5.41) is 3.93. The zero-order chi connectivity index (χ0) is 21.5. The van der Waals surface area contributed by atoms with Gasteiger partial charge in [-0.2, -0.15) is 0 Å². The number of aryl methyl sites for hydroxylation is 1. The maximum Gasteiger partial charge on any atom is 0.123 e. The predicted octanol–water partition coefficient (Wildman–Crippen LogP) is 7.33. The number of halogens is 1. The van der Waals surface area contributed by atoms with Crippen molar-refractivity contribution in [1.82, 2.24) is 15.0 Å². The number of thioether (sulfide) groups is 1. The molecule has 1 atom stereocenters. The molecule has 0 spiro atoms. The standard InChI is InChI=1S/C20H18ClNOS2.C4H6N2/c21-16-7-3-15(4-8-16)20-22-17(13-25-20)12-24-18-9-5-14(6-10-18)19-2-1-11-23-19;1-4-2-5-3-6-4/h3-10,13,19H,1-2,11-12H2;2-3H,1H3,(H,5,6). The number of ether oxygens (including phenoxy) is 1. The van der Waals surface area contributed by atoms with Crippen molar-refractivity contribution in [2.45, 2.75) is 36.5 Å². The number of aromatic nitrogens is 3. The maximum atomic E-state index is 5.95. The number of nitrogens with one attached hydrogen (secondary N) is 1. The van der Waals surface area contributed by atoms with Crippen molar-refractivity contribution >= 4 is 34.7 Å². The molecule has 3 heterocycles. The normalized spacial score (nSPS) is 15.5. The summed E-state index contributed by atoms with van der Waals surface area (Å²) in [6.45, 7) is 2.86. The fourth-order valence-electron chi connectivity index (χ4n) is 3.20. The van der Waals surface area contributed by atoms with Crippen molar-refractivity contribution in [3.8, 4) is 10.6 Å². The highest BCUT2D eigenvalue weighted by Crippen LogP contribution is 2.32. The van der Waals surface area contributed by atoms with E-state index in [2.05, 4.69) is 39.6 Å². The smallest absolute Gasteiger partial charge is 0.123 e. The van der Waals surface area contributed by atoms with E-state index in [0.717, 1.165) is 45.8 Å². The lowest BCUT2D eigenvalue weighted by Crippen LogP contribution is -1.94. The predicted molar refractivity (Wildman–Crippen MR) is 130 cm³/mol. The molecule has 4 aromatic rings. The average Bonchev–Trinajstić information content (AvgIpc) is 3.57. The Kier molecular flexibility index (Phi) is 7.81. The van der Waals surface area contributed by atoms with E-state index in [0.29, 0.717) is 6.10 Å². The van der Waals surface area contributed by atoms with Crippen LogP contribution in [0.5, 0.6) is 0 Å². The Balaban J connectivity index is 0.000000334. The molecule has 0 bridgehead atoms. The average molecular weight is 470 g/mol. The lowest BCUT2D eigenvalue weighted by atomic mass is 10.1. The molecular formula is C24H24ClN3OS2. The summed E-state index contributed by atoms with van der Waals surface area (Å²) in [7, 11) is 0. The molecule has 0 amide bonds. The molecule has 160 valence electrons. The molecule has 0 aliphatic carbocycles. The molecule has 2 aromatic carbocycles. The van der Waals surface area contributed by atoms with Gasteiger partial charge in [0, 0.05) is 45.1 Å². The summed E-state index contributed by atoms with van der Waals surface area (Å²) in [6, 6.07) is 16.6. The van der Waals surface area contributed by atoms with Crippen LogP contribution in [-0.2, 0) is 10.5 Å². The number of aromatic amines is 1. The molecule has 4 nitrogen and oxygen atoms in total. The van der Waals surface area contributed by atoms with E-state index in [1.165, 1.54) is 16.9 Å². The van der Waals surface area contributed by atoms with Crippen molar-refractivity contribution in [3.05, 3.63) is 88.4 Å². The van der Waals surface area contributed by atoms with Gasteiger partial charge in [0.15, 0.2) is 0 Å². The number of H-pyrrole nitrogens is 1. The van der Waals surface area contributed by atoms with Crippen LogP contribution >= 0.6 is 34.7 Å². The third-order valence-corrected chi connectivity index (χ3v) is 7.08. The third kappa shape index (κ3) is 6.43. The zero-order valence-corrected chi connectivity index (χ0v) is 19.6. The molecule has 0 saturated carbocycles. The molecule has 7 heteroatoms. The lowest BCUT2D eigenvalue weighted by molar-refractivity contribution is 0.112. The van der Waals surface area contributed by atoms with Crippen LogP contribution in [0, 0.1) is 6.92 Å². The minimum Gasteiger partial charge on any atom is -0.374 e. The third-order valence-electron chi connectivity index (χ3n) is 4.85. The minimum absolute atomic E-state index is 0.291. The SMILES string of the molecule is Cc1cnc[nH]1.Clc1ccc(-c2nc(CSc3ccc(C4CCCO4)cc3)cs2)cc1. The van der Waals surface area contributed by atoms with Gasteiger partial charge in [-0.05, 0) is 49.6 Å². The Hall–Kier alpha value is -2.12. The van der Waals surface area contributed by atoms with Crippen LogP contribution in [0.4, 0.5) is 0 Å². The van der Waals surface area contributed by atoms with Gasteiger partial charge in [-0.25, -0.2) is 9.97 Å². The molecule has 5 rings (SSSR count). The first kappa shape index (κ1) is 22.1. The summed E-state index contributed by atoms with van der Waals surface area (Å²) in [6.07, 6.45) is 6.04. The Morgan fingerprint density at radius 2 is 1.97 bits per heavy atom. The number of rotatable bonds is 5. The van der Waals surface area contributed by atoms with Crippen LogP contribution < -0.4 is 0 Å². The number of hydrogen-bond donors (Lipinski definition) is 1. The van der Waals surface area contributed by atoms with Crippen molar-refractivity contribution in [2.75, 3.05) is 6.61 Å². The minimum atomic E-state index is 0.291. The molecule has 1 saturated heterocycles. The first-order chi connectivity index (χ1) is 15.2. The quantitative estimate of drug-likeness (QED) is 0.311. The van der Waals surface area contributed by atoms with Crippen LogP contribution in [-0.4, -0.2) is 21.6 Å². The summed E-state index contributed by atoms with van der Waals surface area (Å²) in [5.41, 5.74) is 4.63. The number of hydrogen-bond acceptors (Lipinski definition) is 5. The summed E-state index contributed by atoms with van der Waals surface area (Å²) in [5.74, 6) is 0.878. The van der Waals surface area contributed by atoms with E-state index in [4.69, 9.17) is 21.3 Å². The Labute approximate surface area is 196 Å². The first-order valence-electron chi connectivity index (χ1n) is 10.2. The van der Waals surface area contributed by atoms with Crippen molar-refractivity contribution in [3.63, 3.8) is 0 Å². The van der Waals surface area contributed by atoms with Gasteiger partial charge in [-0.15, -0.1) is 23.1 Å². The summed E-state index contributed by atoms with van der Waals surface area (Å²) >= 11 is 9.44. The van der Waals surface area contributed by atoms with Crippen LogP contribution in [0.1, 0.15) is 35.9 Å². The highest BCUT2D eigenvalue weighted by Gasteiger charge is 2.17. The summed E-state index contributed by atoms with van der Waals surface area (Å²) < 4.78 is 5.74. The van der Waals surface area contributed by atoms with Gasteiger partial charge in [0.1, 0.15) is 5.01 Å². The van der Waals surface area contributed by atoms with Crippen LogP contribution in [0.2, 0.25) is 5.02 Å². The molecule has 1 unspecified atom stereocenters. The van der Waals surface area contributed by atoms with Gasteiger partial charge in [-0.3, -0.25) is 0 Å². The highest BCUT2D eigenvalue weighted by molar-refractivity contribution is 7.98. The second-order valence-corrected chi connectivity index (χ2v) is 9.59. The van der Waals surface area contributed by atoms with Gasteiger partial charge in [0.2, 0.25) is 0 Å². The molecule has 31 heavy (non-hydrogen) atoms. The van der Waals surface area contributed by atoms with Crippen molar-refractivity contribution in [1.29, 1.82) is 0 Å². The second kappa shape index (κ2) is 11.0. The Morgan fingerprint density at radius 1 is 1.16 bits per heavy atom. The van der Waals surface area contributed by atoms with E-state index < -0.39 is 0 Å².